The molecular weight excluding hydrogens is 256 g/mol. The van der Waals surface area contributed by atoms with E-state index in [4.69, 9.17) is 4.74 Å². The van der Waals surface area contributed by atoms with Gasteiger partial charge >= 0.3 is 0 Å². The fourth-order valence-corrected chi connectivity index (χ4v) is 2.34. The lowest BCUT2D eigenvalue weighted by Crippen LogP contribution is -2.36. The Morgan fingerprint density at radius 3 is 2.65 bits per heavy atom. The van der Waals surface area contributed by atoms with Crippen LogP contribution in [0.15, 0.2) is 17.7 Å². The first kappa shape index (κ1) is 14.4. The summed E-state index contributed by atoms with van der Waals surface area (Å²) in [5, 5.41) is 20.3. The van der Waals surface area contributed by atoms with Crippen LogP contribution in [-0.4, -0.2) is 21.6 Å². The number of ether oxygens (including phenoxy) is 1. The van der Waals surface area contributed by atoms with Gasteiger partial charge in [-0.3, -0.25) is 4.79 Å². The van der Waals surface area contributed by atoms with Crippen molar-refractivity contribution in [2.24, 2.45) is 0 Å². The molecule has 4 heteroatoms. The largest absolute Gasteiger partial charge is 0.507 e. The Morgan fingerprint density at radius 1 is 1.40 bits per heavy atom. The summed E-state index contributed by atoms with van der Waals surface area (Å²) < 4.78 is 5.68. The highest BCUT2D eigenvalue weighted by atomic mass is 16.5. The maximum atomic E-state index is 12.2. The number of phenols is 2. The number of Topliss-reactive ketones (excluding diaryl/α,β-unsaturated/α-hetero) is 1. The maximum absolute atomic E-state index is 12.2. The van der Waals surface area contributed by atoms with Gasteiger partial charge in [-0.1, -0.05) is 11.6 Å². The van der Waals surface area contributed by atoms with Crippen LogP contribution < -0.4 is 4.74 Å². The molecule has 0 radical (unpaired) electrons. The minimum atomic E-state index is -0.621. The van der Waals surface area contributed by atoms with Gasteiger partial charge in [0.1, 0.15) is 28.4 Å². The topological polar surface area (TPSA) is 66.8 Å². The van der Waals surface area contributed by atoms with E-state index in [1.54, 1.807) is 13.8 Å². The normalized spacial score (nSPS) is 16.3. The Balaban J connectivity index is 2.54. The van der Waals surface area contributed by atoms with Gasteiger partial charge in [-0.05, 0) is 34.1 Å². The summed E-state index contributed by atoms with van der Waals surface area (Å²) in [6.07, 6.45) is 2.48. The van der Waals surface area contributed by atoms with E-state index >= 15 is 0 Å². The lowest BCUT2D eigenvalue weighted by molar-refractivity contribution is 0.0612. The number of fused-ring (bicyclic) bond motifs is 1. The van der Waals surface area contributed by atoms with Gasteiger partial charge < -0.3 is 14.9 Å². The van der Waals surface area contributed by atoms with Gasteiger partial charge in [0.05, 0.1) is 6.42 Å². The summed E-state index contributed by atoms with van der Waals surface area (Å²) in [5.74, 6) is -0.128. The summed E-state index contributed by atoms with van der Waals surface area (Å²) in [6, 6.07) is 1.42. The molecule has 0 aromatic heterocycles. The summed E-state index contributed by atoms with van der Waals surface area (Å²) >= 11 is 0. The van der Waals surface area contributed by atoms with Gasteiger partial charge in [-0.25, -0.2) is 0 Å². The molecule has 4 nitrogen and oxygen atoms in total. The smallest absolute Gasteiger partial charge is 0.174 e. The van der Waals surface area contributed by atoms with Crippen LogP contribution in [0.1, 0.15) is 50.0 Å². The van der Waals surface area contributed by atoms with Crippen molar-refractivity contribution in [3.8, 4) is 17.2 Å². The average molecular weight is 276 g/mol. The highest BCUT2D eigenvalue weighted by Gasteiger charge is 2.36. The van der Waals surface area contributed by atoms with Crippen molar-refractivity contribution in [1.29, 1.82) is 0 Å². The van der Waals surface area contributed by atoms with Gasteiger partial charge in [0.15, 0.2) is 5.78 Å². The van der Waals surface area contributed by atoms with Crippen molar-refractivity contribution in [2.45, 2.75) is 46.1 Å². The monoisotopic (exact) mass is 276 g/mol. The Labute approximate surface area is 118 Å². The standard InChI is InChI=1S/C16H20O4/c1-9(2)5-6-10-11(17)7-13-14(15(10)19)12(18)8-16(3,4)20-13/h5,7,17,19H,6,8H2,1-4H3. The predicted molar refractivity (Wildman–Crippen MR) is 76.6 cm³/mol. The molecule has 0 spiro atoms. The number of carbonyl (C=O) groups is 1. The van der Waals surface area contributed by atoms with Gasteiger partial charge in [-0.15, -0.1) is 0 Å². The van der Waals surface area contributed by atoms with E-state index in [9.17, 15) is 15.0 Å². The third-order valence-electron chi connectivity index (χ3n) is 3.31. The first-order valence-electron chi connectivity index (χ1n) is 6.64. The zero-order valence-corrected chi connectivity index (χ0v) is 12.3. The molecule has 0 aliphatic carbocycles. The Kier molecular flexibility index (Phi) is 3.50. The van der Waals surface area contributed by atoms with Crippen LogP contribution in [0.25, 0.3) is 0 Å². The molecule has 1 aliphatic rings. The second-order valence-electron chi connectivity index (χ2n) is 6.04. The number of hydrogen-bond acceptors (Lipinski definition) is 4. The Hall–Kier alpha value is -1.97. The zero-order chi connectivity index (χ0) is 15.1. The lowest BCUT2D eigenvalue weighted by atomic mass is 9.90. The molecule has 0 unspecified atom stereocenters. The van der Waals surface area contributed by atoms with Gasteiger partial charge in [0.25, 0.3) is 0 Å². The summed E-state index contributed by atoms with van der Waals surface area (Å²) in [7, 11) is 0. The van der Waals surface area contributed by atoms with Crippen LogP contribution in [0.2, 0.25) is 0 Å². The second-order valence-corrected chi connectivity index (χ2v) is 6.04. The van der Waals surface area contributed by atoms with Gasteiger partial charge in [0.2, 0.25) is 0 Å². The highest BCUT2D eigenvalue weighted by Crippen LogP contribution is 2.44. The number of allylic oxidation sites excluding steroid dienone is 2. The fourth-order valence-electron chi connectivity index (χ4n) is 2.34. The molecule has 0 atom stereocenters. The predicted octanol–water partition coefficient (Wildman–Crippen LogP) is 3.35. The molecule has 0 saturated heterocycles. The average Bonchev–Trinajstić information content (AvgIpc) is 2.24. The summed E-state index contributed by atoms with van der Waals surface area (Å²) in [4.78, 5) is 12.2. The van der Waals surface area contributed by atoms with Crippen molar-refractivity contribution in [3.63, 3.8) is 0 Å². The van der Waals surface area contributed by atoms with Crippen LogP contribution in [0.4, 0.5) is 0 Å². The van der Waals surface area contributed by atoms with E-state index in [0.29, 0.717) is 12.0 Å². The van der Waals surface area contributed by atoms with Crippen molar-refractivity contribution < 1.29 is 19.7 Å². The van der Waals surface area contributed by atoms with Gasteiger partial charge in [-0.2, -0.15) is 0 Å². The van der Waals surface area contributed by atoms with Crippen molar-refractivity contribution in [1.82, 2.24) is 0 Å². The summed E-state index contributed by atoms with van der Waals surface area (Å²) in [6.45, 7) is 7.48. The number of benzene rings is 1. The zero-order valence-electron chi connectivity index (χ0n) is 12.3. The number of rotatable bonds is 2. The minimum absolute atomic E-state index is 0.0516. The van der Waals surface area contributed by atoms with Crippen molar-refractivity contribution in [3.05, 3.63) is 28.8 Å². The Morgan fingerprint density at radius 2 is 2.05 bits per heavy atom. The molecule has 0 bridgehead atoms. The van der Waals surface area contributed by atoms with Crippen LogP contribution in [0, 0.1) is 0 Å². The maximum Gasteiger partial charge on any atom is 0.174 e. The van der Waals surface area contributed by atoms with E-state index in [-0.39, 0.29) is 35.0 Å². The molecule has 1 aliphatic heterocycles. The number of carbonyl (C=O) groups excluding carboxylic acids is 1. The van der Waals surface area contributed by atoms with E-state index in [1.807, 2.05) is 19.9 Å². The molecule has 1 heterocycles. The number of phenolic OH excluding ortho intramolecular Hbond substituents is 2. The van der Waals surface area contributed by atoms with Crippen LogP contribution in [0.5, 0.6) is 17.2 Å². The quantitative estimate of drug-likeness (QED) is 0.813. The molecule has 0 fully saturated rings. The summed E-state index contributed by atoms with van der Waals surface area (Å²) in [5.41, 5.74) is 0.996. The molecule has 2 N–H and O–H groups in total. The van der Waals surface area contributed by atoms with E-state index < -0.39 is 5.60 Å². The first-order chi connectivity index (χ1) is 9.21. The Bertz CT molecular complexity index is 593. The van der Waals surface area contributed by atoms with E-state index in [0.717, 1.165) is 5.57 Å². The molecule has 1 aromatic carbocycles. The number of ketones is 1. The fraction of sp³-hybridized carbons (Fsp3) is 0.438. The molecule has 2 rings (SSSR count). The first-order valence-corrected chi connectivity index (χ1v) is 6.64. The van der Waals surface area contributed by atoms with Gasteiger partial charge in [0, 0.05) is 11.6 Å². The molecular formula is C16H20O4. The minimum Gasteiger partial charge on any atom is -0.507 e. The molecule has 1 aromatic rings. The van der Waals surface area contributed by atoms with Crippen LogP contribution in [-0.2, 0) is 6.42 Å². The number of aromatic hydroxyl groups is 2. The van der Waals surface area contributed by atoms with Crippen LogP contribution in [0.3, 0.4) is 0 Å². The van der Waals surface area contributed by atoms with E-state index in [1.165, 1.54) is 6.07 Å². The molecule has 0 saturated carbocycles. The van der Waals surface area contributed by atoms with Crippen molar-refractivity contribution >= 4 is 5.78 Å². The van der Waals surface area contributed by atoms with Crippen LogP contribution >= 0.6 is 0 Å². The highest BCUT2D eigenvalue weighted by molar-refractivity contribution is 6.03. The number of hydrogen-bond donors (Lipinski definition) is 2. The van der Waals surface area contributed by atoms with E-state index in [2.05, 4.69) is 0 Å². The SMILES string of the molecule is CC(C)=CCc1c(O)cc2c(c1O)C(=O)CC(C)(C)O2. The molecule has 0 amide bonds. The molecule has 108 valence electrons. The third-order valence-corrected chi connectivity index (χ3v) is 3.31. The second kappa shape index (κ2) is 4.85. The lowest BCUT2D eigenvalue weighted by Gasteiger charge is -2.32. The molecule has 20 heavy (non-hydrogen) atoms. The van der Waals surface area contributed by atoms with Crippen molar-refractivity contribution in [2.75, 3.05) is 0 Å². The third kappa shape index (κ3) is 2.64.